The number of amides is 1. The molecule has 114 valence electrons. The summed E-state index contributed by atoms with van der Waals surface area (Å²) in [6.07, 6.45) is 3.23. The molecule has 2 heterocycles. The number of benzene rings is 1. The molecule has 4 heteroatoms. The van der Waals surface area contributed by atoms with Gasteiger partial charge in [0.1, 0.15) is 0 Å². The van der Waals surface area contributed by atoms with Crippen LogP contribution in [0.2, 0.25) is 0 Å². The van der Waals surface area contributed by atoms with Crippen LogP contribution in [0, 0.1) is 0 Å². The van der Waals surface area contributed by atoms with Gasteiger partial charge >= 0.3 is 0 Å². The standard InChI is InChI=1S/C18H21N3O/c1-14(22)19-12-15-8-10-21(11-9-15)13-17-7-6-16-4-2-3-5-18(16)20-17/h2-8H,9-13H2,1H3,(H,19,22). The van der Waals surface area contributed by atoms with Crippen molar-refractivity contribution in [3.63, 3.8) is 0 Å². The molecule has 2 aromatic rings. The van der Waals surface area contributed by atoms with Crippen molar-refractivity contribution in [1.29, 1.82) is 0 Å². The second-order valence-corrected chi connectivity index (χ2v) is 5.75. The van der Waals surface area contributed by atoms with Crippen LogP contribution in [0.25, 0.3) is 10.9 Å². The maximum absolute atomic E-state index is 10.9. The Labute approximate surface area is 130 Å². The van der Waals surface area contributed by atoms with E-state index >= 15 is 0 Å². The monoisotopic (exact) mass is 295 g/mol. The SMILES string of the molecule is CC(=O)NCC1=CCN(Cc2ccc3ccccc3n2)CC1. The lowest BCUT2D eigenvalue weighted by Crippen LogP contribution is -2.31. The normalized spacial score (nSPS) is 15.6. The zero-order chi connectivity index (χ0) is 15.4. The van der Waals surface area contributed by atoms with E-state index in [0.717, 1.165) is 37.3 Å². The Morgan fingerprint density at radius 3 is 2.91 bits per heavy atom. The van der Waals surface area contributed by atoms with E-state index < -0.39 is 0 Å². The molecule has 0 atom stereocenters. The fourth-order valence-electron chi connectivity index (χ4n) is 2.72. The van der Waals surface area contributed by atoms with E-state index in [1.54, 1.807) is 6.92 Å². The minimum absolute atomic E-state index is 0.0312. The third-order valence-electron chi connectivity index (χ3n) is 3.99. The van der Waals surface area contributed by atoms with Crippen LogP contribution in [0.3, 0.4) is 0 Å². The van der Waals surface area contributed by atoms with Gasteiger partial charge in [0.2, 0.25) is 5.91 Å². The molecule has 0 spiro atoms. The van der Waals surface area contributed by atoms with Crippen LogP contribution >= 0.6 is 0 Å². The highest BCUT2D eigenvalue weighted by atomic mass is 16.1. The highest BCUT2D eigenvalue weighted by Crippen LogP contribution is 2.15. The van der Waals surface area contributed by atoms with Crippen molar-refractivity contribution in [1.82, 2.24) is 15.2 Å². The first-order valence-corrected chi connectivity index (χ1v) is 7.70. The Morgan fingerprint density at radius 1 is 1.27 bits per heavy atom. The molecule has 22 heavy (non-hydrogen) atoms. The Kier molecular flexibility index (Phi) is 4.49. The van der Waals surface area contributed by atoms with Gasteiger partial charge in [-0.3, -0.25) is 14.7 Å². The predicted octanol–water partition coefficient (Wildman–Crippen LogP) is 2.50. The van der Waals surface area contributed by atoms with Crippen LogP contribution in [0.15, 0.2) is 48.0 Å². The molecule has 0 saturated heterocycles. The number of carbonyl (C=O) groups excluding carboxylic acids is 1. The van der Waals surface area contributed by atoms with Crippen molar-refractivity contribution in [3.8, 4) is 0 Å². The number of fused-ring (bicyclic) bond motifs is 1. The molecule has 0 saturated carbocycles. The molecule has 0 radical (unpaired) electrons. The number of aromatic nitrogens is 1. The minimum atomic E-state index is 0.0312. The minimum Gasteiger partial charge on any atom is -0.353 e. The molecule has 1 amide bonds. The lowest BCUT2D eigenvalue weighted by atomic mass is 10.1. The van der Waals surface area contributed by atoms with Crippen molar-refractivity contribution >= 4 is 16.8 Å². The Bertz CT molecular complexity index is 708. The van der Waals surface area contributed by atoms with E-state index in [2.05, 4.69) is 40.6 Å². The van der Waals surface area contributed by atoms with Gasteiger partial charge in [0.15, 0.2) is 0 Å². The first kappa shape index (κ1) is 14.7. The average Bonchev–Trinajstić information content (AvgIpc) is 2.54. The average molecular weight is 295 g/mol. The summed E-state index contributed by atoms with van der Waals surface area (Å²) in [5.41, 5.74) is 3.48. The molecule has 1 aromatic heterocycles. The highest BCUT2D eigenvalue weighted by Gasteiger charge is 2.12. The summed E-state index contributed by atoms with van der Waals surface area (Å²) in [5, 5.41) is 4.04. The number of nitrogens with one attached hydrogen (secondary N) is 1. The molecule has 0 aliphatic carbocycles. The molecule has 0 unspecified atom stereocenters. The second-order valence-electron chi connectivity index (χ2n) is 5.75. The summed E-state index contributed by atoms with van der Waals surface area (Å²) in [7, 11) is 0. The van der Waals surface area contributed by atoms with Gasteiger partial charge < -0.3 is 5.32 Å². The molecule has 1 aliphatic heterocycles. The van der Waals surface area contributed by atoms with Gasteiger partial charge in [-0.15, -0.1) is 0 Å². The number of rotatable bonds is 4. The zero-order valence-electron chi connectivity index (χ0n) is 12.9. The van der Waals surface area contributed by atoms with Crippen LogP contribution in [-0.2, 0) is 11.3 Å². The van der Waals surface area contributed by atoms with E-state index in [-0.39, 0.29) is 5.91 Å². The van der Waals surface area contributed by atoms with E-state index in [9.17, 15) is 4.79 Å². The van der Waals surface area contributed by atoms with Crippen LogP contribution < -0.4 is 5.32 Å². The van der Waals surface area contributed by atoms with Gasteiger partial charge in [-0.25, -0.2) is 0 Å². The van der Waals surface area contributed by atoms with Crippen LogP contribution in [0.5, 0.6) is 0 Å². The summed E-state index contributed by atoms with van der Waals surface area (Å²) >= 11 is 0. The Hall–Kier alpha value is -2.20. The molecular formula is C18H21N3O. The fourth-order valence-corrected chi connectivity index (χ4v) is 2.72. The zero-order valence-corrected chi connectivity index (χ0v) is 12.9. The molecule has 0 bridgehead atoms. The number of para-hydroxylation sites is 1. The first-order chi connectivity index (χ1) is 10.7. The van der Waals surface area contributed by atoms with Crippen LogP contribution in [0.4, 0.5) is 0 Å². The number of hydrogen-bond acceptors (Lipinski definition) is 3. The lowest BCUT2D eigenvalue weighted by Gasteiger charge is -2.26. The molecule has 1 N–H and O–H groups in total. The van der Waals surface area contributed by atoms with Gasteiger partial charge in [-0.1, -0.05) is 35.9 Å². The molecule has 3 rings (SSSR count). The predicted molar refractivity (Wildman–Crippen MR) is 88.4 cm³/mol. The van der Waals surface area contributed by atoms with Gasteiger partial charge in [-0.05, 0) is 18.6 Å². The summed E-state index contributed by atoms with van der Waals surface area (Å²) in [4.78, 5) is 18.1. The maximum atomic E-state index is 10.9. The smallest absolute Gasteiger partial charge is 0.217 e. The van der Waals surface area contributed by atoms with Crippen molar-refractivity contribution < 1.29 is 4.79 Å². The fraction of sp³-hybridized carbons (Fsp3) is 0.333. The van der Waals surface area contributed by atoms with E-state index in [0.29, 0.717) is 6.54 Å². The number of pyridine rings is 1. The van der Waals surface area contributed by atoms with Crippen molar-refractivity contribution in [3.05, 3.63) is 53.7 Å². The maximum Gasteiger partial charge on any atom is 0.217 e. The Balaban J connectivity index is 1.60. The van der Waals surface area contributed by atoms with Gasteiger partial charge in [-0.2, -0.15) is 0 Å². The van der Waals surface area contributed by atoms with E-state index in [4.69, 9.17) is 4.98 Å². The number of nitrogens with zero attached hydrogens (tertiary/aromatic N) is 2. The summed E-state index contributed by atoms with van der Waals surface area (Å²) < 4.78 is 0. The van der Waals surface area contributed by atoms with E-state index in [1.807, 2.05) is 12.1 Å². The lowest BCUT2D eigenvalue weighted by molar-refractivity contribution is -0.118. The molecular weight excluding hydrogens is 274 g/mol. The largest absolute Gasteiger partial charge is 0.353 e. The molecule has 1 aliphatic rings. The summed E-state index contributed by atoms with van der Waals surface area (Å²) in [6, 6.07) is 12.5. The van der Waals surface area contributed by atoms with Crippen molar-refractivity contribution in [2.75, 3.05) is 19.6 Å². The molecule has 0 fully saturated rings. The molecule has 4 nitrogen and oxygen atoms in total. The third kappa shape index (κ3) is 3.71. The van der Waals surface area contributed by atoms with Crippen LogP contribution in [0.1, 0.15) is 19.0 Å². The molecule has 1 aromatic carbocycles. The Morgan fingerprint density at radius 2 is 2.14 bits per heavy atom. The quantitative estimate of drug-likeness (QED) is 0.882. The summed E-state index contributed by atoms with van der Waals surface area (Å²) in [5.74, 6) is 0.0312. The first-order valence-electron chi connectivity index (χ1n) is 7.70. The van der Waals surface area contributed by atoms with Crippen LogP contribution in [-0.4, -0.2) is 35.4 Å². The van der Waals surface area contributed by atoms with Crippen molar-refractivity contribution in [2.45, 2.75) is 19.9 Å². The third-order valence-corrected chi connectivity index (χ3v) is 3.99. The van der Waals surface area contributed by atoms with Gasteiger partial charge in [0.05, 0.1) is 11.2 Å². The second kappa shape index (κ2) is 6.71. The summed E-state index contributed by atoms with van der Waals surface area (Å²) in [6.45, 7) is 5.04. The number of hydrogen-bond donors (Lipinski definition) is 1. The van der Waals surface area contributed by atoms with Gasteiger partial charge in [0.25, 0.3) is 0 Å². The number of carbonyl (C=O) groups is 1. The van der Waals surface area contributed by atoms with E-state index in [1.165, 1.54) is 11.0 Å². The van der Waals surface area contributed by atoms with Gasteiger partial charge in [0, 0.05) is 38.5 Å². The van der Waals surface area contributed by atoms with Crippen molar-refractivity contribution in [2.24, 2.45) is 0 Å². The topological polar surface area (TPSA) is 45.2 Å². The highest BCUT2D eigenvalue weighted by molar-refractivity contribution is 5.78.